The summed E-state index contributed by atoms with van der Waals surface area (Å²) in [7, 11) is 0. The average molecular weight is 469 g/mol. The van der Waals surface area contributed by atoms with Crippen molar-refractivity contribution in [3.05, 3.63) is 65.7 Å². The number of carbonyl (C=O) groups is 3. The van der Waals surface area contributed by atoms with Crippen LogP contribution in [0.1, 0.15) is 23.1 Å². The van der Waals surface area contributed by atoms with E-state index in [9.17, 15) is 14.4 Å². The molecule has 2 aromatic rings. The molecule has 1 saturated heterocycles. The molecule has 0 radical (unpaired) electrons. The van der Waals surface area contributed by atoms with Gasteiger partial charge in [0.05, 0.1) is 5.70 Å². The van der Waals surface area contributed by atoms with Gasteiger partial charge in [0, 0.05) is 17.7 Å². The van der Waals surface area contributed by atoms with Gasteiger partial charge in [0.15, 0.2) is 11.8 Å². The molecule has 0 unspecified atom stereocenters. The van der Waals surface area contributed by atoms with Gasteiger partial charge in [-0.15, -0.1) is 5.10 Å². The highest BCUT2D eigenvalue weighted by Gasteiger charge is 2.32. The van der Waals surface area contributed by atoms with Gasteiger partial charge in [-0.1, -0.05) is 48.7 Å². The monoisotopic (exact) mass is 468 g/mol. The molecule has 9 nitrogen and oxygen atoms in total. The molecule has 10 heteroatoms. The second-order valence-electron chi connectivity index (χ2n) is 7.33. The molecule has 0 saturated carbocycles. The van der Waals surface area contributed by atoms with Crippen LogP contribution in [0.3, 0.4) is 0 Å². The van der Waals surface area contributed by atoms with Crippen molar-refractivity contribution in [1.82, 2.24) is 10.7 Å². The van der Waals surface area contributed by atoms with Gasteiger partial charge in [0.2, 0.25) is 11.8 Å². The maximum atomic E-state index is 12.5. The fraction of sp³-hybridized carbons (Fsp3) is 0.217. The number of carboxylic acids is 1. The van der Waals surface area contributed by atoms with Crippen LogP contribution in [0.4, 0.5) is 5.69 Å². The van der Waals surface area contributed by atoms with Crippen molar-refractivity contribution in [1.29, 1.82) is 0 Å². The van der Waals surface area contributed by atoms with Crippen LogP contribution in [0.5, 0.6) is 5.75 Å². The minimum atomic E-state index is -1.07. The van der Waals surface area contributed by atoms with Gasteiger partial charge in [0.1, 0.15) is 11.0 Å². The number of carbonyl (C=O) groups excluding carboxylic acids is 2. The summed E-state index contributed by atoms with van der Waals surface area (Å²) in [5.74, 6) is -1.25. The second-order valence-corrected chi connectivity index (χ2v) is 8.52. The van der Waals surface area contributed by atoms with Crippen molar-refractivity contribution in [2.75, 3.05) is 11.9 Å². The number of aryl methyl sites for hydroxylation is 2. The van der Waals surface area contributed by atoms with E-state index in [1.165, 1.54) is 0 Å². The molecular weight excluding hydrogens is 444 g/mol. The van der Waals surface area contributed by atoms with E-state index in [1.807, 2.05) is 32.0 Å². The summed E-state index contributed by atoms with van der Waals surface area (Å²) in [5.41, 5.74) is 6.50. The summed E-state index contributed by atoms with van der Waals surface area (Å²) in [6, 6.07) is 12.5. The topological polar surface area (TPSA) is 129 Å². The van der Waals surface area contributed by atoms with E-state index in [0.717, 1.165) is 28.6 Å². The SMILES string of the molecule is C=C(N/N=C1\NC(=O)[C@@H](CC(=O)Nc2c(C)cccc2C)S1)c1cccc(OCC(=O)O)c1. The Hall–Kier alpha value is -3.79. The number of thioether (sulfide) groups is 1. The number of aliphatic carboxylic acids is 1. The largest absolute Gasteiger partial charge is 0.482 e. The zero-order chi connectivity index (χ0) is 24.0. The Morgan fingerprint density at radius 1 is 1.21 bits per heavy atom. The minimum absolute atomic E-state index is 0.00715. The highest BCUT2D eigenvalue weighted by molar-refractivity contribution is 8.15. The second kappa shape index (κ2) is 10.7. The van der Waals surface area contributed by atoms with Crippen LogP contribution >= 0.6 is 11.8 Å². The number of amides is 2. The Labute approximate surface area is 195 Å². The third-order valence-electron chi connectivity index (χ3n) is 4.73. The van der Waals surface area contributed by atoms with Crippen LogP contribution in [0.2, 0.25) is 0 Å². The first-order valence-electron chi connectivity index (χ1n) is 10.0. The minimum Gasteiger partial charge on any atom is -0.482 e. The molecule has 33 heavy (non-hydrogen) atoms. The molecule has 3 rings (SSSR count). The number of para-hydroxylation sites is 1. The van der Waals surface area contributed by atoms with E-state index >= 15 is 0 Å². The summed E-state index contributed by atoms with van der Waals surface area (Å²) < 4.78 is 5.16. The maximum absolute atomic E-state index is 12.5. The fourth-order valence-corrected chi connectivity index (χ4v) is 3.99. The lowest BCUT2D eigenvalue weighted by atomic mass is 10.1. The van der Waals surface area contributed by atoms with Crippen LogP contribution in [0.15, 0.2) is 54.1 Å². The van der Waals surface area contributed by atoms with Crippen molar-refractivity contribution in [3.63, 3.8) is 0 Å². The normalized spacial score (nSPS) is 16.2. The number of hydrazone groups is 1. The molecule has 172 valence electrons. The van der Waals surface area contributed by atoms with Gasteiger partial charge < -0.3 is 20.5 Å². The van der Waals surface area contributed by atoms with E-state index in [2.05, 4.69) is 27.7 Å². The van der Waals surface area contributed by atoms with Crippen LogP contribution < -0.4 is 20.8 Å². The molecule has 1 atom stereocenters. The van der Waals surface area contributed by atoms with Crippen LogP contribution in [0, 0.1) is 13.8 Å². The summed E-state index contributed by atoms with van der Waals surface area (Å²) in [5, 5.41) is 18.1. The molecule has 0 bridgehead atoms. The van der Waals surface area contributed by atoms with E-state index in [-0.39, 0.29) is 18.2 Å². The van der Waals surface area contributed by atoms with Crippen molar-refractivity contribution < 1.29 is 24.2 Å². The number of hydrogen-bond donors (Lipinski definition) is 4. The van der Waals surface area contributed by atoms with E-state index in [0.29, 0.717) is 22.2 Å². The van der Waals surface area contributed by atoms with Crippen LogP contribution in [-0.2, 0) is 14.4 Å². The Kier molecular flexibility index (Phi) is 7.73. The maximum Gasteiger partial charge on any atom is 0.341 e. The Morgan fingerprint density at radius 2 is 1.91 bits per heavy atom. The average Bonchev–Trinajstić information content (AvgIpc) is 3.12. The third-order valence-corrected chi connectivity index (χ3v) is 5.81. The molecule has 1 aliphatic rings. The lowest BCUT2D eigenvalue weighted by Crippen LogP contribution is -2.28. The molecule has 4 N–H and O–H groups in total. The summed E-state index contributed by atoms with van der Waals surface area (Å²) >= 11 is 1.15. The first-order chi connectivity index (χ1) is 15.7. The first kappa shape index (κ1) is 23.9. The summed E-state index contributed by atoms with van der Waals surface area (Å²) in [6.07, 6.45) is 0.00715. The zero-order valence-corrected chi connectivity index (χ0v) is 19.0. The van der Waals surface area contributed by atoms with E-state index in [1.54, 1.807) is 24.3 Å². The van der Waals surface area contributed by atoms with Gasteiger partial charge >= 0.3 is 5.97 Å². The first-order valence-corrected chi connectivity index (χ1v) is 10.9. The number of amidine groups is 1. The summed E-state index contributed by atoms with van der Waals surface area (Å²) in [6.45, 7) is 7.27. The number of carboxylic acid groups (broad SMARTS) is 1. The third kappa shape index (κ3) is 6.59. The molecule has 0 aliphatic carbocycles. The number of hydrogen-bond acceptors (Lipinski definition) is 7. The lowest BCUT2D eigenvalue weighted by Gasteiger charge is -2.12. The van der Waals surface area contributed by atoms with Gasteiger partial charge in [0.25, 0.3) is 0 Å². The quantitative estimate of drug-likeness (QED) is 0.417. The van der Waals surface area contributed by atoms with Gasteiger partial charge in [-0.05, 0) is 37.1 Å². The zero-order valence-electron chi connectivity index (χ0n) is 18.2. The molecule has 1 aliphatic heterocycles. The highest BCUT2D eigenvalue weighted by atomic mass is 32.2. The van der Waals surface area contributed by atoms with Gasteiger partial charge in [-0.3, -0.25) is 15.0 Å². The Morgan fingerprint density at radius 3 is 2.61 bits per heavy atom. The Balaban J connectivity index is 1.56. The van der Waals surface area contributed by atoms with Gasteiger partial charge in [-0.25, -0.2) is 4.79 Å². The molecule has 2 amide bonds. The molecule has 0 spiro atoms. The van der Waals surface area contributed by atoms with Gasteiger partial charge in [-0.2, -0.15) is 0 Å². The number of nitrogens with zero attached hydrogens (tertiary/aromatic N) is 1. The number of rotatable bonds is 9. The molecule has 2 aromatic carbocycles. The lowest BCUT2D eigenvalue weighted by molar-refractivity contribution is -0.139. The van der Waals surface area contributed by atoms with E-state index in [4.69, 9.17) is 9.84 Å². The Bertz CT molecular complexity index is 1110. The predicted octanol–water partition coefficient (Wildman–Crippen LogP) is 2.86. The standard InChI is InChI=1S/C23H24N4O5S/c1-13-6-4-7-14(2)21(13)24-19(28)11-18-22(31)25-23(33-18)27-26-15(3)16-8-5-9-17(10-16)32-12-20(29)30/h4-10,18,26H,3,11-12H2,1-2H3,(H,24,28)(H,29,30)(H,25,27,31)/t18-/m1/s1. The number of anilines is 1. The predicted molar refractivity (Wildman–Crippen MR) is 128 cm³/mol. The number of ether oxygens (including phenoxy) is 1. The van der Waals surface area contributed by atoms with Crippen molar-refractivity contribution >= 4 is 46.1 Å². The fourth-order valence-electron chi connectivity index (χ4n) is 3.06. The van der Waals surface area contributed by atoms with Crippen molar-refractivity contribution in [3.8, 4) is 5.75 Å². The molecule has 1 heterocycles. The molecule has 0 aromatic heterocycles. The van der Waals surface area contributed by atoms with E-state index < -0.39 is 17.8 Å². The number of nitrogens with one attached hydrogen (secondary N) is 3. The number of benzene rings is 2. The van der Waals surface area contributed by atoms with Crippen molar-refractivity contribution in [2.45, 2.75) is 25.5 Å². The molecular formula is C23H24N4O5S. The van der Waals surface area contributed by atoms with Crippen LogP contribution in [-0.4, -0.2) is 39.9 Å². The summed E-state index contributed by atoms with van der Waals surface area (Å²) in [4.78, 5) is 35.4. The molecule has 1 fully saturated rings. The van der Waals surface area contributed by atoms with Crippen molar-refractivity contribution in [2.24, 2.45) is 5.10 Å². The smallest absolute Gasteiger partial charge is 0.341 e. The highest BCUT2D eigenvalue weighted by Crippen LogP contribution is 2.25. The van der Waals surface area contributed by atoms with Crippen LogP contribution in [0.25, 0.3) is 5.70 Å².